The second-order valence-corrected chi connectivity index (χ2v) is 7.31. The van der Waals surface area contributed by atoms with Crippen LogP contribution in [0.3, 0.4) is 0 Å². The third-order valence-corrected chi connectivity index (χ3v) is 5.27. The minimum atomic E-state index is -0.311. The number of nitrogens with one attached hydrogen (secondary N) is 1. The second kappa shape index (κ2) is 8.57. The fraction of sp³-hybridized carbons (Fsp3) is 0.130. The third kappa shape index (κ3) is 3.87. The maximum Gasteiger partial charge on any atom is 0.253 e. The van der Waals surface area contributed by atoms with Crippen molar-refractivity contribution in [3.05, 3.63) is 94.5 Å². The largest absolute Gasteiger partial charge is 0.497 e. The number of hydrazine groups is 1. The van der Waals surface area contributed by atoms with Gasteiger partial charge in [-0.25, -0.2) is 10.8 Å². The molecular formula is C23H21ClN4O2. The van der Waals surface area contributed by atoms with Crippen LogP contribution in [0.2, 0.25) is 5.02 Å². The van der Waals surface area contributed by atoms with Gasteiger partial charge < -0.3 is 9.64 Å². The molecule has 7 heteroatoms. The fourth-order valence-electron chi connectivity index (χ4n) is 3.65. The molecule has 0 saturated heterocycles. The molecule has 6 nitrogen and oxygen atoms in total. The molecule has 3 N–H and O–H groups in total. The molecule has 4 rings (SSSR count). The topological polar surface area (TPSA) is 80.0 Å². The number of rotatable bonds is 5. The highest BCUT2D eigenvalue weighted by Crippen LogP contribution is 2.41. The van der Waals surface area contributed by atoms with Crippen LogP contribution in [0.25, 0.3) is 0 Å². The lowest BCUT2D eigenvalue weighted by Crippen LogP contribution is -2.46. The molecule has 0 fully saturated rings. The average molecular weight is 421 g/mol. The maximum atomic E-state index is 12.3. The van der Waals surface area contributed by atoms with Crippen molar-refractivity contribution in [3.8, 4) is 5.75 Å². The lowest BCUT2D eigenvalue weighted by Gasteiger charge is -2.38. The SMILES string of the molecule is COc1ccc(C2=Nc3cc(Cl)ccc3C(c3ccccc3)N2CC(=O)NN)cc1. The minimum absolute atomic E-state index is 0.0446. The molecule has 0 saturated carbocycles. The molecule has 30 heavy (non-hydrogen) atoms. The van der Waals surface area contributed by atoms with Crippen molar-refractivity contribution in [2.75, 3.05) is 13.7 Å². The quantitative estimate of drug-likeness (QED) is 0.373. The monoisotopic (exact) mass is 420 g/mol. The highest BCUT2D eigenvalue weighted by Gasteiger charge is 2.33. The van der Waals surface area contributed by atoms with Gasteiger partial charge in [0.1, 0.15) is 18.1 Å². The molecule has 0 aliphatic carbocycles. The summed E-state index contributed by atoms with van der Waals surface area (Å²) in [7, 11) is 1.62. The van der Waals surface area contributed by atoms with Crippen LogP contribution in [0.15, 0.2) is 77.8 Å². The Hall–Kier alpha value is -3.35. The van der Waals surface area contributed by atoms with E-state index >= 15 is 0 Å². The Morgan fingerprint density at radius 2 is 1.87 bits per heavy atom. The number of ether oxygens (including phenoxy) is 1. The molecule has 0 bridgehead atoms. The number of carbonyl (C=O) groups excluding carboxylic acids is 1. The Balaban J connectivity index is 1.91. The van der Waals surface area contributed by atoms with Gasteiger partial charge in [0.2, 0.25) is 0 Å². The first-order chi connectivity index (χ1) is 14.6. The van der Waals surface area contributed by atoms with E-state index in [9.17, 15) is 4.79 Å². The van der Waals surface area contributed by atoms with Gasteiger partial charge in [0.25, 0.3) is 5.91 Å². The predicted molar refractivity (Wildman–Crippen MR) is 118 cm³/mol. The number of halogens is 1. The van der Waals surface area contributed by atoms with Crippen molar-refractivity contribution in [2.24, 2.45) is 10.8 Å². The zero-order valence-electron chi connectivity index (χ0n) is 16.4. The Morgan fingerprint density at radius 3 is 2.53 bits per heavy atom. The zero-order chi connectivity index (χ0) is 21.1. The van der Waals surface area contributed by atoms with Gasteiger partial charge >= 0.3 is 0 Å². The number of aliphatic imine (C=N–C) groups is 1. The number of carbonyl (C=O) groups is 1. The number of hydrogen-bond donors (Lipinski definition) is 2. The molecule has 1 atom stereocenters. The van der Waals surface area contributed by atoms with Crippen LogP contribution in [-0.2, 0) is 4.79 Å². The van der Waals surface area contributed by atoms with E-state index in [1.54, 1.807) is 7.11 Å². The fourth-order valence-corrected chi connectivity index (χ4v) is 3.81. The molecule has 0 radical (unpaired) electrons. The van der Waals surface area contributed by atoms with Crippen LogP contribution in [0, 0.1) is 0 Å². The van der Waals surface area contributed by atoms with Crippen LogP contribution in [0.5, 0.6) is 5.75 Å². The van der Waals surface area contributed by atoms with Crippen molar-refractivity contribution < 1.29 is 9.53 Å². The smallest absolute Gasteiger partial charge is 0.253 e. The van der Waals surface area contributed by atoms with E-state index in [4.69, 9.17) is 27.2 Å². The highest BCUT2D eigenvalue weighted by atomic mass is 35.5. The summed E-state index contributed by atoms with van der Waals surface area (Å²) in [5.41, 5.74) is 5.85. The third-order valence-electron chi connectivity index (χ3n) is 5.04. The van der Waals surface area contributed by atoms with E-state index in [0.717, 1.165) is 28.1 Å². The van der Waals surface area contributed by atoms with Gasteiger partial charge in [-0.15, -0.1) is 0 Å². The Bertz CT molecular complexity index is 1080. The van der Waals surface area contributed by atoms with E-state index in [-0.39, 0.29) is 18.5 Å². The summed E-state index contributed by atoms with van der Waals surface area (Å²) in [4.78, 5) is 19.2. The summed E-state index contributed by atoms with van der Waals surface area (Å²) in [6, 6.07) is 23.0. The van der Waals surface area contributed by atoms with Crippen molar-refractivity contribution in [1.29, 1.82) is 0 Å². The summed E-state index contributed by atoms with van der Waals surface area (Å²) in [6.07, 6.45) is 0. The summed E-state index contributed by atoms with van der Waals surface area (Å²) >= 11 is 6.27. The van der Waals surface area contributed by atoms with Crippen molar-refractivity contribution >= 4 is 29.0 Å². The van der Waals surface area contributed by atoms with Crippen molar-refractivity contribution in [2.45, 2.75) is 6.04 Å². The average Bonchev–Trinajstić information content (AvgIpc) is 2.79. The van der Waals surface area contributed by atoms with Crippen LogP contribution in [0.4, 0.5) is 5.69 Å². The molecule has 1 heterocycles. The van der Waals surface area contributed by atoms with Crippen LogP contribution in [-0.4, -0.2) is 30.3 Å². The first kappa shape index (κ1) is 19.9. The minimum Gasteiger partial charge on any atom is -0.497 e. The predicted octanol–water partition coefficient (Wildman–Crippen LogP) is 3.82. The van der Waals surface area contributed by atoms with Gasteiger partial charge in [0.15, 0.2) is 0 Å². The number of amides is 1. The van der Waals surface area contributed by atoms with E-state index in [1.807, 2.05) is 77.7 Å². The Labute approximate surface area is 179 Å². The number of methoxy groups -OCH3 is 1. The molecular weight excluding hydrogens is 400 g/mol. The molecule has 0 aromatic heterocycles. The van der Waals surface area contributed by atoms with E-state index in [0.29, 0.717) is 10.9 Å². The number of fused-ring (bicyclic) bond motifs is 1. The molecule has 1 unspecified atom stereocenters. The zero-order valence-corrected chi connectivity index (χ0v) is 17.1. The van der Waals surface area contributed by atoms with Gasteiger partial charge in [-0.05, 0) is 42.0 Å². The van der Waals surface area contributed by atoms with Gasteiger partial charge in [0.05, 0.1) is 18.8 Å². The van der Waals surface area contributed by atoms with Crippen molar-refractivity contribution in [1.82, 2.24) is 10.3 Å². The van der Waals surface area contributed by atoms with Crippen molar-refractivity contribution in [3.63, 3.8) is 0 Å². The molecule has 3 aromatic carbocycles. The normalized spacial score (nSPS) is 15.2. The molecule has 152 valence electrons. The first-order valence-electron chi connectivity index (χ1n) is 9.44. The van der Waals surface area contributed by atoms with Gasteiger partial charge in [-0.2, -0.15) is 0 Å². The lowest BCUT2D eigenvalue weighted by atomic mass is 9.93. The number of benzene rings is 3. The molecule has 1 aliphatic rings. The Kier molecular flexibility index (Phi) is 5.70. The summed E-state index contributed by atoms with van der Waals surface area (Å²) in [5.74, 6) is 6.50. The lowest BCUT2D eigenvalue weighted by molar-refractivity contribution is -0.121. The molecule has 3 aromatic rings. The van der Waals surface area contributed by atoms with Gasteiger partial charge in [0, 0.05) is 16.1 Å². The van der Waals surface area contributed by atoms with Crippen LogP contribution in [0.1, 0.15) is 22.7 Å². The van der Waals surface area contributed by atoms with E-state index < -0.39 is 0 Å². The maximum absolute atomic E-state index is 12.3. The number of hydrogen-bond acceptors (Lipinski definition) is 5. The summed E-state index contributed by atoms with van der Waals surface area (Å²) in [5, 5.41) is 0.603. The Morgan fingerprint density at radius 1 is 1.13 bits per heavy atom. The molecule has 1 aliphatic heterocycles. The van der Waals surface area contributed by atoms with Gasteiger partial charge in [-0.3, -0.25) is 10.2 Å². The van der Waals surface area contributed by atoms with Crippen LogP contribution >= 0.6 is 11.6 Å². The number of nitrogens with zero attached hydrogens (tertiary/aromatic N) is 2. The number of amidine groups is 1. The first-order valence-corrected chi connectivity index (χ1v) is 9.82. The highest BCUT2D eigenvalue weighted by molar-refractivity contribution is 6.30. The standard InChI is InChI=1S/C23H21ClN4O2/c1-30-18-10-7-16(8-11-18)23-26-20-13-17(24)9-12-19(20)22(15-5-3-2-4-6-15)28(23)14-21(29)27-25/h2-13,22H,14,25H2,1H3,(H,27,29). The van der Waals surface area contributed by atoms with Gasteiger partial charge in [-0.1, -0.05) is 48.0 Å². The molecule has 0 spiro atoms. The summed E-state index contributed by atoms with van der Waals surface area (Å²) < 4.78 is 5.28. The van der Waals surface area contributed by atoms with Crippen LogP contribution < -0.4 is 16.0 Å². The molecule has 1 amide bonds. The van der Waals surface area contributed by atoms with E-state index in [1.165, 1.54) is 0 Å². The summed E-state index contributed by atoms with van der Waals surface area (Å²) in [6.45, 7) is 0.0446. The number of nitrogens with two attached hydrogens (primary N) is 1. The second-order valence-electron chi connectivity index (χ2n) is 6.88. The van der Waals surface area contributed by atoms with E-state index in [2.05, 4.69) is 5.43 Å².